The molecule has 0 aromatic rings. The van der Waals surface area contributed by atoms with Gasteiger partial charge in [-0.3, -0.25) is 0 Å². The van der Waals surface area contributed by atoms with Gasteiger partial charge in [-0.25, -0.2) is 0 Å². The van der Waals surface area contributed by atoms with E-state index in [0.29, 0.717) is 6.42 Å². The maximum Gasteiger partial charge on any atom is 0.188 e. The molecule has 0 bridgehead atoms. The van der Waals surface area contributed by atoms with Crippen LogP contribution in [0, 0.1) is 23.7 Å². The van der Waals surface area contributed by atoms with E-state index in [-0.39, 0.29) is 6.61 Å². The van der Waals surface area contributed by atoms with Gasteiger partial charge in [0.05, 0.1) is 13.2 Å². The van der Waals surface area contributed by atoms with E-state index >= 15 is 0 Å². The summed E-state index contributed by atoms with van der Waals surface area (Å²) in [4.78, 5) is 0. The minimum absolute atomic E-state index is 0.0973. The van der Waals surface area contributed by atoms with Crippen LogP contribution in [0.15, 0.2) is 12.2 Å². The molecule has 6 atom stereocenters. The van der Waals surface area contributed by atoms with Crippen molar-refractivity contribution >= 4 is 0 Å². The van der Waals surface area contributed by atoms with Gasteiger partial charge in [0.1, 0.15) is 30.5 Å². The van der Waals surface area contributed by atoms with Crippen LogP contribution in [-0.2, 0) is 9.47 Å². The van der Waals surface area contributed by atoms with Gasteiger partial charge in [0.25, 0.3) is 0 Å². The second-order valence-corrected chi connectivity index (χ2v) is 4.85. The number of hydrogen-bond donors (Lipinski definition) is 5. The molecule has 0 saturated carbocycles. The molecule has 128 valence electrons. The molecule has 0 aromatic carbocycles. The molecular weight excluding hydrogens is 304 g/mol. The van der Waals surface area contributed by atoms with Gasteiger partial charge in [-0.05, 0) is 24.3 Å². The van der Waals surface area contributed by atoms with Crippen LogP contribution in [0.25, 0.3) is 0 Å². The van der Waals surface area contributed by atoms with Crippen molar-refractivity contribution in [3.05, 3.63) is 12.2 Å². The van der Waals surface area contributed by atoms with Gasteiger partial charge in [-0.1, -0.05) is 24.8 Å². The second-order valence-electron chi connectivity index (χ2n) is 4.85. The van der Waals surface area contributed by atoms with Crippen LogP contribution in [0.5, 0.6) is 0 Å². The summed E-state index contributed by atoms with van der Waals surface area (Å²) in [5.74, 6) is 10.5. The molecule has 7 nitrogen and oxygen atoms in total. The molecule has 0 aromatic heterocycles. The third-order valence-corrected chi connectivity index (χ3v) is 3.19. The summed E-state index contributed by atoms with van der Waals surface area (Å²) in [7, 11) is 0. The Morgan fingerprint density at radius 2 is 1.87 bits per heavy atom. The van der Waals surface area contributed by atoms with Crippen LogP contribution in [-0.4, -0.2) is 75.6 Å². The molecule has 1 aliphatic rings. The highest BCUT2D eigenvalue weighted by atomic mass is 16.7. The smallest absolute Gasteiger partial charge is 0.188 e. The SMILES string of the molecule is CC[C@H](C#CC#C/C=C/CO)O[C@@H]1O[C@H](CO)[C@@H](O)[C@H](O)[C@H]1O. The lowest BCUT2D eigenvalue weighted by Crippen LogP contribution is -2.59. The van der Waals surface area contributed by atoms with E-state index < -0.39 is 43.4 Å². The van der Waals surface area contributed by atoms with Crippen LogP contribution >= 0.6 is 0 Å². The molecule has 1 heterocycles. The minimum atomic E-state index is -1.49. The molecule has 1 rings (SSSR count). The monoisotopic (exact) mass is 326 g/mol. The van der Waals surface area contributed by atoms with Crippen LogP contribution in [0.3, 0.4) is 0 Å². The standard InChI is InChI=1S/C16H22O7/c1-2-11(8-6-4-3-5-7-9-17)22-16-15(21)14(20)13(19)12(10-18)23-16/h5,7,11-21H,2,9-10H2,1H3/b7-5+/t11-,12-,13-,14+,15-,16-/m1/s1. The quantitative estimate of drug-likeness (QED) is 0.376. The van der Waals surface area contributed by atoms with Gasteiger partial charge < -0.3 is 35.0 Å². The number of rotatable bonds is 5. The van der Waals surface area contributed by atoms with Crippen LogP contribution in [0.4, 0.5) is 0 Å². The summed E-state index contributed by atoms with van der Waals surface area (Å²) in [6, 6.07) is 0. The van der Waals surface area contributed by atoms with Crippen molar-refractivity contribution in [3.8, 4) is 23.7 Å². The van der Waals surface area contributed by atoms with E-state index in [1.165, 1.54) is 12.2 Å². The van der Waals surface area contributed by atoms with Crippen molar-refractivity contribution in [2.75, 3.05) is 13.2 Å². The van der Waals surface area contributed by atoms with E-state index in [9.17, 15) is 15.3 Å². The summed E-state index contributed by atoms with van der Waals surface area (Å²) in [5.41, 5.74) is 0. The van der Waals surface area contributed by atoms with E-state index in [2.05, 4.69) is 23.7 Å². The zero-order valence-corrected chi connectivity index (χ0v) is 12.8. The van der Waals surface area contributed by atoms with E-state index in [1.807, 2.05) is 6.92 Å². The van der Waals surface area contributed by atoms with Gasteiger partial charge >= 0.3 is 0 Å². The Morgan fingerprint density at radius 3 is 2.48 bits per heavy atom. The van der Waals surface area contributed by atoms with E-state index in [0.717, 1.165) is 0 Å². The first kappa shape index (κ1) is 19.6. The fourth-order valence-corrected chi connectivity index (χ4v) is 1.88. The van der Waals surface area contributed by atoms with Crippen molar-refractivity contribution in [3.63, 3.8) is 0 Å². The summed E-state index contributed by atoms with van der Waals surface area (Å²) >= 11 is 0. The number of hydrogen-bond acceptors (Lipinski definition) is 7. The third-order valence-electron chi connectivity index (χ3n) is 3.19. The highest BCUT2D eigenvalue weighted by Crippen LogP contribution is 2.23. The van der Waals surface area contributed by atoms with Gasteiger partial charge in [0, 0.05) is 0 Å². The third kappa shape index (κ3) is 5.94. The Hall–Kier alpha value is -1.42. The Kier molecular flexibility index (Phi) is 8.85. The molecular formula is C16H22O7. The fraction of sp³-hybridized carbons (Fsp3) is 0.625. The average Bonchev–Trinajstić information content (AvgIpc) is 2.56. The molecule has 1 saturated heterocycles. The second kappa shape index (κ2) is 10.4. The molecule has 7 heteroatoms. The summed E-state index contributed by atoms with van der Waals surface area (Å²) in [5, 5.41) is 46.9. The lowest BCUT2D eigenvalue weighted by molar-refractivity contribution is -0.306. The molecule has 0 spiro atoms. The minimum Gasteiger partial charge on any atom is -0.394 e. The highest BCUT2D eigenvalue weighted by molar-refractivity contribution is 5.31. The van der Waals surface area contributed by atoms with Crippen molar-refractivity contribution in [2.24, 2.45) is 0 Å². The zero-order chi connectivity index (χ0) is 17.2. The highest BCUT2D eigenvalue weighted by Gasteiger charge is 2.44. The number of aliphatic hydroxyl groups is 5. The Bertz CT molecular complexity index is 494. The van der Waals surface area contributed by atoms with E-state index in [1.54, 1.807) is 0 Å². The van der Waals surface area contributed by atoms with Crippen molar-refractivity contribution in [1.82, 2.24) is 0 Å². The first-order chi connectivity index (χ1) is 11.0. The van der Waals surface area contributed by atoms with Gasteiger partial charge in [0.2, 0.25) is 0 Å². The van der Waals surface area contributed by atoms with Crippen molar-refractivity contribution < 1.29 is 35.0 Å². The van der Waals surface area contributed by atoms with Gasteiger partial charge in [0.15, 0.2) is 6.29 Å². The van der Waals surface area contributed by atoms with Gasteiger partial charge in [-0.2, -0.15) is 0 Å². The number of aliphatic hydroxyl groups excluding tert-OH is 5. The van der Waals surface area contributed by atoms with Crippen molar-refractivity contribution in [2.45, 2.75) is 50.2 Å². The summed E-state index contributed by atoms with van der Waals surface area (Å²) in [6.45, 7) is 1.19. The number of ether oxygens (including phenoxy) is 2. The Labute approximate surface area is 135 Å². The van der Waals surface area contributed by atoms with Gasteiger partial charge in [-0.15, -0.1) is 0 Å². The average molecular weight is 326 g/mol. The largest absolute Gasteiger partial charge is 0.394 e. The summed E-state index contributed by atoms with van der Waals surface area (Å²) < 4.78 is 10.7. The Morgan fingerprint density at radius 1 is 1.13 bits per heavy atom. The van der Waals surface area contributed by atoms with Crippen molar-refractivity contribution in [1.29, 1.82) is 0 Å². The maximum absolute atomic E-state index is 9.88. The molecule has 5 N–H and O–H groups in total. The molecule has 0 unspecified atom stereocenters. The lowest BCUT2D eigenvalue weighted by atomic mass is 9.99. The van der Waals surface area contributed by atoms with Crippen LogP contribution < -0.4 is 0 Å². The zero-order valence-electron chi connectivity index (χ0n) is 12.8. The molecule has 0 radical (unpaired) electrons. The first-order valence-electron chi connectivity index (χ1n) is 7.28. The molecule has 23 heavy (non-hydrogen) atoms. The predicted molar refractivity (Wildman–Crippen MR) is 80.7 cm³/mol. The molecule has 1 fully saturated rings. The predicted octanol–water partition coefficient (Wildman–Crippen LogP) is -1.86. The van der Waals surface area contributed by atoms with Crippen LogP contribution in [0.1, 0.15) is 13.3 Å². The maximum atomic E-state index is 9.88. The molecule has 0 aliphatic carbocycles. The van der Waals surface area contributed by atoms with Crippen LogP contribution in [0.2, 0.25) is 0 Å². The lowest BCUT2D eigenvalue weighted by Gasteiger charge is -2.40. The van der Waals surface area contributed by atoms with E-state index in [4.69, 9.17) is 19.7 Å². The normalized spacial score (nSPS) is 31.8. The fourth-order valence-electron chi connectivity index (χ4n) is 1.88. The number of allylic oxidation sites excluding steroid dienone is 1. The topological polar surface area (TPSA) is 120 Å². The summed E-state index contributed by atoms with van der Waals surface area (Å²) in [6.07, 6.45) is -3.79. The molecule has 0 amide bonds. The molecule has 1 aliphatic heterocycles. The first-order valence-corrected chi connectivity index (χ1v) is 7.28. The Balaban J connectivity index is 2.68.